The maximum absolute atomic E-state index is 12.4. The highest BCUT2D eigenvalue weighted by atomic mass is 35.5. The third kappa shape index (κ3) is 4.70. The van der Waals surface area contributed by atoms with Gasteiger partial charge in [-0.3, -0.25) is 0 Å². The van der Waals surface area contributed by atoms with E-state index in [4.69, 9.17) is 4.74 Å². The normalized spacial score (nSPS) is 9.08. The highest BCUT2D eigenvalue weighted by molar-refractivity contribution is 5.85. The average Bonchev–Trinajstić information content (AvgIpc) is 2.09. The van der Waals surface area contributed by atoms with Gasteiger partial charge in [-0.2, -0.15) is 0 Å². The number of nitrogens with one attached hydrogen (secondary N) is 1. The number of halogens is 2. The molecule has 0 bridgehead atoms. The van der Waals surface area contributed by atoms with Crippen molar-refractivity contribution in [2.75, 3.05) is 20.2 Å². The summed E-state index contributed by atoms with van der Waals surface area (Å²) in [7, 11) is 1.86. The fraction of sp³-hybridized carbons (Fsp3) is 0.333. The van der Waals surface area contributed by atoms with Gasteiger partial charge in [0.15, 0.2) is 0 Å². The van der Waals surface area contributed by atoms with Crippen molar-refractivity contribution in [3.8, 4) is 5.75 Å². The zero-order valence-electron chi connectivity index (χ0n) is 7.42. The molecule has 0 saturated heterocycles. The van der Waals surface area contributed by atoms with E-state index < -0.39 is 0 Å². The van der Waals surface area contributed by atoms with Crippen LogP contribution in [0, 0.1) is 5.82 Å². The predicted molar refractivity (Wildman–Crippen MR) is 53.1 cm³/mol. The molecule has 13 heavy (non-hydrogen) atoms. The van der Waals surface area contributed by atoms with Crippen LogP contribution in [0.15, 0.2) is 24.3 Å². The van der Waals surface area contributed by atoms with Crippen LogP contribution in [0.3, 0.4) is 0 Å². The van der Waals surface area contributed by atoms with Gasteiger partial charge < -0.3 is 10.1 Å². The first kappa shape index (κ1) is 12.2. The van der Waals surface area contributed by atoms with Crippen molar-refractivity contribution in [2.45, 2.75) is 0 Å². The van der Waals surface area contributed by atoms with Crippen LogP contribution in [0.2, 0.25) is 0 Å². The summed E-state index contributed by atoms with van der Waals surface area (Å²) in [5.41, 5.74) is 0. The van der Waals surface area contributed by atoms with Gasteiger partial charge in [-0.1, -0.05) is 0 Å². The van der Waals surface area contributed by atoms with Crippen LogP contribution in [0.25, 0.3) is 0 Å². The second-order valence-corrected chi connectivity index (χ2v) is 2.41. The molecule has 0 fully saturated rings. The molecular formula is C9H13ClFNO. The van der Waals surface area contributed by atoms with E-state index in [-0.39, 0.29) is 18.2 Å². The molecule has 1 rings (SSSR count). The van der Waals surface area contributed by atoms with Crippen LogP contribution in [-0.4, -0.2) is 20.2 Å². The van der Waals surface area contributed by atoms with Crippen molar-refractivity contribution in [3.05, 3.63) is 30.1 Å². The van der Waals surface area contributed by atoms with Crippen LogP contribution in [0.5, 0.6) is 5.75 Å². The minimum atomic E-state index is -0.240. The van der Waals surface area contributed by atoms with Gasteiger partial charge in [0.1, 0.15) is 18.2 Å². The molecule has 0 amide bonds. The predicted octanol–water partition coefficient (Wildman–Crippen LogP) is 1.85. The van der Waals surface area contributed by atoms with Crippen molar-refractivity contribution in [2.24, 2.45) is 0 Å². The number of benzene rings is 1. The lowest BCUT2D eigenvalue weighted by Crippen LogP contribution is -2.15. The molecular weight excluding hydrogens is 193 g/mol. The summed E-state index contributed by atoms with van der Waals surface area (Å²) in [6.07, 6.45) is 0. The second-order valence-electron chi connectivity index (χ2n) is 2.41. The molecule has 0 radical (unpaired) electrons. The molecule has 74 valence electrons. The van der Waals surface area contributed by atoms with E-state index in [1.807, 2.05) is 7.05 Å². The summed E-state index contributed by atoms with van der Waals surface area (Å²) in [6.45, 7) is 1.39. The van der Waals surface area contributed by atoms with Crippen LogP contribution < -0.4 is 10.1 Å². The van der Waals surface area contributed by atoms with Crippen molar-refractivity contribution in [1.82, 2.24) is 5.32 Å². The number of hydrogen-bond donors (Lipinski definition) is 1. The molecule has 0 aliphatic heterocycles. The molecule has 0 unspecified atom stereocenters. The molecule has 0 aliphatic rings. The minimum absolute atomic E-state index is 0. The monoisotopic (exact) mass is 205 g/mol. The number of hydrogen-bond acceptors (Lipinski definition) is 2. The Morgan fingerprint density at radius 1 is 1.31 bits per heavy atom. The number of rotatable bonds is 4. The first-order valence-corrected chi connectivity index (χ1v) is 3.86. The number of likely N-dealkylation sites (N-methyl/N-ethyl adjacent to an activating group) is 1. The lowest BCUT2D eigenvalue weighted by Gasteiger charge is -2.04. The third-order valence-electron chi connectivity index (χ3n) is 1.43. The van der Waals surface area contributed by atoms with E-state index in [2.05, 4.69) is 5.32 Å². The summed E-state index contributed by atoms with van der Waals surface area (Å²) < 4.78 is 17.7. The van der Waals surface area contributed by atoms with Crippen molar-refractivity contribution >= 4 is 12.4 Å². The highest BCUT2D eigenvalue weighted by Crippen LogP contribution is 2.10. The molecule has 4 heteroatoms. The lowest BCUT2D eigenvalue weighted by atomic mass is 10.3. The highest BCUT2D eigenvalue weighted by Gasteiger charge is 1.92. The molecule has 0 aromatic heterocycles. The average molecular weight is 206 g/mol. The standard InChI is InChI=1S/C9H12FNO.ClH/c1-11-6-7-12-9-4-2-8(10)3-5-9;/h2-5,11H,6-7H2,1H3;1H. The van der Waals surface area contributed by atoms with Gasteiger partial charge in [0.2, 0.25) is 0 Å². The van der Waals surface area contributed by atoms with Crippen LogP contribution in [0.4, 0.5) is 4.39 Å². The first-order chi connectivity index (χ1) is 5.83. The van der Waals surface area contributed by atoms with E-state index in [1.165, 1.54) is 12.1 Å². The van der Waals surface area contributed by atoms with Gasteiger partial charge in [0, 0.05) is 6.54 Å². The minimum Gasteiger partial charge on any atom is -0.492 e. The van der Waals surface area contributed by atoms with Crippen LogP contribution in [0.1, 0.15) is 0 Å². The Hall–Kier alpha value is -0.800. The van der Waals surface area contributed by atoms with Gasteiger partial charge in [-0.25, -0.2) is 4.39 Å². The van der Waals surface area contributed by atoms with Gasteiger partial charge in [-0.05, 0) is 31.3 Å². The van der Waals surface area contributed by atoms with E-state index in [0.717, 1.165) is 6.54 Å². The summed E-state index contributed by atoms with van der Waals surface area (Å²) in [4.78, 5) is 0. The van der Waals surface area contributed by atoms with Crippen LogP contribution >= 0.6 is 12.4 Å². The summed E-state index contributed by atoms with van der Waals surface area (Å²) >= 11 is 0. The lowest BCUT2D eigenvalue weighted by molar-refractivity contribution is 0.318. The molecule has 0 atom stereocenters. The topological polar surface area (TPSA) is 21.3 Å². The summed E-state index contributed by atoms with van der Waals surface area (Å²) in [6, 6.07) is 6.00. The maximum atomic E-state index is 12.4. The molecule has 0 heterocycles. The van der Waals surface area contributed by atoms with E-state index in [0.29, 0.717) is 12.4 Å². The van der Waals surface area contributed by atoms with E-state index in [1.54, 1.807) is 12.1 Å². The quantitative estimate of drug-likeness (QED) is 0.758. The molecule has 1 aromatic rings. The largest absolute Gasteiger partial charge is 0.492 e. The Balaban J connectivity index is 0.00000144. The fourth-order valence-corrected chi connectivity index (χ4v) is 0.802. The zero-order chi connectivity index (χ0) is 8.81. The molecule has 2 nitrogen and oxygen atoms in total. The van der Waals surface area contributed by atoms with Crippen molar-refractivity contribution in [3.63, 3.8) is 0 Å². The second kappa shape index (κ2) is 6.69. The van der Waals surface area contributed by atoms with Gasteiger partial charge in [0.05, 0.1) is 0 Å². The smallest absolute Gasteiger partial charge is 0.123 e. The Bertz CT molecular complexity index is 228. The molecule has 0 spiro atoms. The van der Waals surface area contributed by atoms with Crippen molar-refractivity contribution < 1.29 is 9.13 Å². The van der Waals surface area contributed by atoms with Crippen molar-refractivity contribution in [1.29, 1.82) is 0 Å². The van der Waals surface area contributed by atoms with E-state index >= 15 is 0 Å². The van der Waals surface area contributed by atoms with Gasteiger partial charge in [-0.15, -0.1) is 12.4 Å². The maximum Gasteiger partial charge on any atom is 0.123 e. The Labute approximate surface area is 83.5 Å². The van der Waals surface area contributed by atoms with Crippen LogP contribution in [-0.2, 0) is 0 Å². The SMILES string of the molecule is CNCCOc1ccc(F)cc1.Cl. The Morgan fingerprint density at radius 2 is 1.92 bits per heavy atom. The van der Waals surface area contributed by atoms with Gasteiger partial charge >= 0.3 is 0 Å². The first-order valence-electron chi connectivity index (χ1n) is 3.86. The fourth-order valence-electron chi connectivity index (χ4n) is 0.802. The molecule has 1 N–H and O–H groups in total. The number of ether oxygens (including phenoxy) is 1. The van der Waals surface area contributed by atoms with E-state index in [9.17, 15) is 4.39 Å². The summed E-state index contributed by atoms with van der Waals surface area (Å²) in [5.74, 6) is 0.461. The third-order valence-corrected chi connectivity index (χ3v) is 1.43. The Morgan fingerprint density at radius 3 is 2.46 bits per heavy atom. The molecule has 1 aromatic carbocycles. The molecule has 0 saturated carbocycles. The zero-order valence-corrected chi connectivity index (χ0v) is 8.23. The summed E-state index contributed by atoms with van der Waals surface area (Å²) in [5, 5.41) is 2.95. The van der Waals surface area contributed by atoms with Gasteiger partial charge in [0.25, 0.3) is 0 Å². The Kier molecular flexibility index (Phi) is 6.28. The molecule has 0 aliphatic carbocycles.